The summed E-state index contributed by atoms with van der Waals surface area (Å²) in [6.07, 6.45) is 0.307. The summed E-state index contributed by atoms with van der Waals surface area (Å²) in [5.74, 6) is -0.469. The van der Waals surface area contributed by atoms with Crippen LogP contribution in [-0.4, -0.2) is 63.2 Å². The number of fused-ring (bicyclic) bond motifs is 1. The average Bonchev–Trinajstić information content (AvgIpc) is 2.91. The van der Waals surface area contributed by atoms with Gasteiger partial charge in [-0.05, 0) is 49.1 Å². The van der Waals surface area contributed by atoms with Gasteiger partial charge in [0.05, 0.1) is 11.4 Å². The number of ether oxygens (including phenoxy) is 2. The van der Waals surface area contributed by atoms with E-state index in [0.29, 0.717) is 43.2 Å². The molecule has 0 fully saturated rings. The van der Waals surface area contributed by atoms with E-state index in [1.165, 1.54) is 42.2 Å². The van der Waals surface area contributed by atoms with Crippen molar-refractivity contribution in [2.45, 2.75) is 46.7 Å². The lowest BCUT2D eigenvalue weighted by Gasteiger charge is -2.33. The van der Waals surface area contributed by atoms with Gasteiger partial charge in [-0.15, -0.1) is 0 Å². The summed E-state index contributed by atoms with van der Waals surface area (Å²) in [5, 5.41) is 2.87. The van der Waals surface area contributed by atoms with Crippen molar-refractivity contribution in [1.29, 1.82) is 0 Å². The third-order valence-corrected chi connectivity index (χ3v) is 7.87. The van der Waals surface area contributed by atoms with Crippen LogP contribution in [0.25, 0.3) is 0 Å². The fraction of sp³-hybridized carbons (Fsp3) is 0.481. The molecule has 0 saturated carbocycles. The summed E-state index contributed by atoms with van der Waals surface area (Å²) in [7, 11) is -3.88. The van der Waals surface area contributed by atoms with E-state index in [1.54, 1.807) is 19.1 Å². The first-order valence-corrected chi connectivity index (χ1v) is 14.4. The van der Waals surface area contributed by atoms with Crippen molar-refractivity contribution in [1.82, 2.24) is 10.2 Å². The first-order chi connectivity index (χ1) is 18.1. The standard InChI is InChI=1S/C27H36FN3O6S/c1-5-23(27(33)29-16-19(3)4)30(17-20-7-9-21(28)10-8-20)26(32)18-31(38(34,35)6-2)22-11-12-24-25(15-22)37-14-13-36-24/h7-12,15,19,23H,5-6,13-14,16-18H2,1-4H3,(H,29,33)/t23-/m0/s1. The second-order valence-corrected chi connectivity index (χ2v) is 11.6. The summed E-state index contributed by atoms with van der Waals surface area (Å²) in [6.45, 7) is 7.83. The number of amides is 2. The van der Waals surface area contributed by atoms with Gasteiger partial charge in [0.1, 0.15) is 31.6 Å². The quantitative estimate of drug-likeness (QED) is 0.436. The first kappa shape index (κ1) is 29.2. The fourth-order valence-corrected chi connectivity index (χ4v) is 5.09. The number of carbonyl (C=O) groups excluding carboxylic acids is 2. The van der Waals surface area contributed by atoms with Crippen molar-refractivity contribution in [3.8, 4) is 11.5 Å². The van der Waals surface area contributed by atoms with Gasteiger partial charge in [0.15, 0.2) is 11.5 Å². The normalized spacial score (nSPS) is 13.6. The molecule has 0 radical (unpaired) electrons. The zero-order valence-corrected chi connectivity index (χ0v) is 23.1. The molecule has 1 heterocycles. The largest absolute Gasteiger partial charge is 0.486 e. The summed E-state index contributed by atoms with van der Waals surface area (Å²) >= 11 is 0. The minimum atomic E-state index is -3.88. The van der Waals surface area contributed by atoms with E-state index in [-0.39, 0.29) is 29.8 Å². The molecule has 9 nitrogen and oxygen atoms in total. The van der Waals surface area contributed by atoms with E-state index in [0.717, 1.165) is 4.31 Å². The predicted molar refractivity (Wildman–Crippen MR) is 143 cm³/mol. The topological polar surface area (TPSA) is 105 Å². The average molecular weight is 550 g/mol. The van der Waals surface area contributed by atoms with E-state index in [1.807, 2.05) is 13.8 Å². The van der Waals surface area contributed by atoms with Crippen molar-refractivity contribution in [2.24, 2.45) is 5.92 Å². The lowest BCUT2D eigenvalue weighted by atomic mass is 10.1. The van der Waals surface area contributed by atoms with Crippen molar-refractivity contribution >= 4 is 27.5 Å². The summed E-state index contributed by atoms with van der Waals surface area (Å²) in [6, 6.07) is 9.48. The molecule has 1 aliphatic heterocycles. The Hall–Kier alpha value is -3.34. The number of hydrogen-bond donors (Lipinski definition) is 1. The molecular formula is C27H36FN3O6S. The van der Waals surface area contributed by atoms with Gasteiger partial charge in [-0.25, -0.2) is 12.8 Å². The highest BCUT2D eigenvalue weighted by molar-refractivity contribution is 7.92. The number of rotatable bonds is 12. The third-order valence-electron chi connectivity index (χ3n) is 6.13. The zero-order chi connectivity index (χ0) is 27.9. The highest BCUT2D eigenvalue weighted by Gasteiger charge is 2.33. The Labute approximate surface area is 224 Å². The minimum Gasteiger partial charge on any atom is -0.486 e. The van der Waals surface area contributed by atoms with Crippen molar-refractivity contribution in [2.75, 3.05) is 36.4 Å². The van der Waals surface area contributed by atoms with E-state index < -0.39 is 34.3 Å². The molecule has 0 aromatic heterocycles. The molecule has 11 heteroatoms. The Morgan fingerprint density at radius 2 is 1.68 bits per heavy atom. The third kappa shape index (κ3) is 7.37. The number of sulfonamides is 1. The van der Waals surface area contributed by atoms with E-state index in [4.69, 9.17) is 9.47 Å². The van der Waals surface area contributed by atoms with E-state index >= 15 is 0 Å². The number of carbonyl (C=O) groups is 2. The van der Waals surface area contributed by atoms with Gasteiger partial charge in [-0.1, -0.05) is 32.9 Å². The predicted octanol–water partition coefficient (Wildman–Crippen LogP) is 3.33. The van der Waals surface area contributed by atoms with Gasteiger partial charge >= 0.3 is 0 Å². The van der Waals surface area contributed by atoms with Crippen molar-refractivity contribution < 1.29 is 31.9 Å². The van der Waals surface area contributed by atoms with Gasteiger partial charge < -0.3 is 19.7 Å². The highest BCUT2D eigenvalue weighted by atomic mass is 32.2. The van der Waals surface area contributed by atoms with Crippen LogP contribution < -0.4 is 19.1 Å². The monoisotopic (exact) mass is 549 g/mol. The van der Waals surface area contributed by atoms with Crippen LogP contribution in [0.5, 0.6) is 11.5 Å². The second-order valence-electron chi connectivity index (χ2n) is 9.45. The Kier molecular flexibility index (Phi) is 9.96. The molecule has 2 amide bonds. The first-order valence-electron chi connectivity index (χ1n) is 12.8. The molecule has 1 aliphatic rings. The molecule has 208 valence electrons. The smallest absolute Gasteiger partial charge is 0.244 e. The highest BCUT2D eigenvalue weighted by Crippen LogP contribution is 2.35. The summed E-state index contributed by atoms with van der Waals surface area (Å²) in [4.78, 5) is 28.3. The number of nitrogens with one attached hydrogen (secondary N) is 1. The maximum absolute atomic E-state index is 13.8. The molecule has 0 aliphatic carbocycles. The van der Waals surface area contributed by atoms with Crippen LogP contribution in [0.15, 0.2) is 42.5 Å². The van der Waals surface area contributed by atoms with Gasteiger partial charge in [0.2, 0.25) is 21.8 Å². The van der Waals surface area contributed by atoms with E-state index in [2.05, 4.69) is 5.32 Å². The van der Waals surface area contributed by atoms with Gasteiger partial charge in [-0.2, -0.15) is 0 Å². The maximum atomic E-state index is 13.8. The van der Waals surface area contributed by atoms with Gasteiger partial charge in [-0.3, -0.25) is 13.9 Å². The van der Waals surface area contributed by atoms with Gasteiger partial charge in [0.25, 0.3) is 0 Å². The second kappa shape index (κ2) is 12.9. The SMILES string of the molecule is CC[C@@H](C(=O)NCC(C)C)N(Cc1ccc(F)cc1)C(=O)CN(c1ccc2c(c1)OCCO2)S(=O)(=O)CC. The lowest BCUT2D eigenvalue weighted by molar-refractivity contribution is -0.140. The van der Waals surface area contributed by atoms with Crippen LogP contribution in [0.3, 0.4) is 0 Å². The number of benzene rings is 2. The molecule has 1 N–H and O–H groups in total. The van der Waals surface area contributed by atoms with Crippen LogP contribution in [0.4, 0.5) is 10.1 Å². The van der Waals surface area contributed by atoms with Crippen molar-refractivity contribution in [3.63, 3.8) is 0 Å². The Morgan fingerprint density at radius 3 is 2.29 bits per heavy atom. The Morgan fingerprint density at radius 1 is 1.03 bits per heavy atom. The lowest BCUT2D eigenvalue weighted by Crippen LogP contribution is -2.52. The van der Waals surface area contributed by atoms with Crippen LogP contribution in [-0.2, 0) is 26.2 Å². The zero-order valence-electron chi connectivity index (χ0n) is 22.3. The van der Waals surface area contributed by atoms with Gasteiger partial charge in [0, 0.05) is 19.2 Å². The molecular weight excluding hydrogens is 513 g/mol. The van der Waals surface area contributed by atoms with E-state index in [9.17, 15) is 22.4 Å². The molecule has 2 aromatic rings. The molecule has 38 heavy (non-hydrogen) atoms. The number of hydrogen-bond acceptors (Lipinski definition) is 6. The fourth-order valence-electron chi connectivity index (χ4n) is 4.04. The maximum Gasteiger partial charge on any atom is 0.244 e. The van der Waals surface area contributed by atoms with Crippen LogP contribution in [0.1, 0.15) is 39.7 Å². The number of nitrogens with zero attached hydrogens (tertiary/aromatic N) is 2. The molecule has 0 bridgehead atoms. The van der Waals surface area contributed by atoms with Crippen molar-refractivity contribution in [3.05, 3.63) is 53.8 Å². The van der Waals surface area contributed by atoms with Crippen LogP contribution >= 0.6 is 0 Å². The molecule has 2 aromatic carbocycles. The number of halogens is 1. The molecule has 0 spiro atoms. The molecule has 1 atom stereocenters. The summed E-state index contributed by atoms with van der Waals surface area (Å²) < 4.78 is 52.0. The van der Waals surface area contributed by atoms with Crippen LogP contribution in [0.2, 0.25) is 0 Å². The van der Waals surface area contributed by atoms with Crippen LogP contribution in [0, 0.1) is 11.7 Å². The molecule has 3 rings (SSSR count). The Balaban J connectivity index is 1.96. The summed E-state index contributed by atoms with van der Waals surface area (Å²) in [5.41, 5.74) is 0.863. The minimum absolute atomic E-state index is 0.00781. The Bertz CT molecular complexity index is 1220. The molecule has 0 unspecified atom stereocenters. The number of anilines is 1. The molecule has 0 saturated heterocycles.